The van der Waals surface area contributed by atoms with Gasteiger partial charge in [-0.3, -0.25) is 9.48 Å². The molecule has 11 heteroatoms. The van der Waals surface area contributed by atoms with E-state index in [9.17, 15) is 9.59 Å². The molecule has 1 amide bonds. The molecule has 0 aliphatic heterocycles. The number of methoxy groups -OCH3 is 2. The van der Waals surface area contributed by atoms with E-state index in [1.54, 1.807) is 30.2 Å². The second kappa shape index (κ2) is 8.73. The lowest BCUT2D eigenvalue weighted by atomic mass is 9.82. The minimum atomic E-state index is -0.661. The van der Waals surface area contributed by atoms with E-state index in [1.807, 2.05) is 12.1 Å². The molecule has 3 aliphatic carbocycles. The highest BCUT2D eigenvalue weighted by molar-refractivity contribution is 5.97. The number of aryl methyl sites for hydroxylation is 1. The Morgan fingerprint density at radius 2 is 1.94 bits per heavy atom. The molecule has 2 bridgehead atoms. The molecule has 11 nitrogen and oxygen atoms in total. The number of nitrogens with one attached hydrogen (secondary N) is 2. The summed E-state index contributed by atoms with van der Waals surface area (Å²) < 4.78 is 12.1. The number of nitrogens with zero attached hydrogens (tertiary/aromatic N) is 5. The van der Waals surface area contributed by atoms with Crippen molar-refractivity contribution in [2.45, 2.75) is 19.3 Å². The number of hydrogen-bond donors (Lipinski definition) is 2. The molecule has 0 spiro atoms. The van der Waals surface area contributed by atoms with E-state index in [0.717, 1.165) is 19.3 Å². The van der Waals surface area contributed by atoms with Crippen molar-refractivity contribution in [3.8, 4) is 17.1 Å². The lowest BCUT2D eigenvalue weighted by Crippen LogP contribution is -2.26. The van der Waals surface area contributed by atoms with Crippen LogP contribution in [0.2, 0.25) is 0 Å². The zero-order valence-corrected chi connectivity index (χ0v) is 19.1. The number of esters is 1. The third-order valence-electron chi connectivity index (χ3n) is 6.52. The maximum absolute atomic E-state index is 12.8. The molecule has 0 saturated heterocycles. The number of para-hydroxylation sites is 1. The fourth-order valence-electron chi connectivity index (χ4n) is 4.83. The number of carbonyl (C=O) groups is 2. The Bertz CT molecular complexity index is 1250. The summed E-state index contributed by atoms with van der Waals surface area (Å²) in [7, 11) is 4.59. The minimum Gasteiger partial charge on any atom is -0.494 e. The van der Waals surface area contributed by atoms with Gasteiger partial charge in [0.15, 0.2) is 23.1 Å². The molecule has 3 aliphatic rings. The van der Waals surface area contributed by atoms with Gasteiger partial charge in [-0.1, -0.05) is 6.07 Å². The summed E-state index contributed by atoms with van der Waals surface area (Å²) >= 11 is 0. The second-order valence-electron chi connectivity index (χ2n) is 8.67. The average molecular weight is 463 g/mol. The standard InChI is InChI=1S/C23H25N7O4/c1-30-11-24-21(29-30)14-5-4-6-16(20(14)33-2)25-17-10-18(27-28-19(17)23(32)34-3)26-22(31)15-9-12-7-13(15)8-12/h4-6,10-13,15H,7-9H2,1-3H3,(H2,25,26,27,31)/t12?,13?,15-/m1/s1. The van der Waals surface area contributed by atoms with Gasteiger partial charge in [0.1, 0.15) is 6.33 Å². The molecule has 176 valence electrons. The fourth-order valence-corrected chi connectivity index (χ4v) is 4.83. The van der Waals surface area contributed by atoms with Gasteiger partial charge in [0.25, 0.3) is 0 Å². The van der Waals surface area contributed by atoms with Gasteiger partial charge in [-0.25, -0.2) is 9.78 Å². The molecule has 3 saturated carbocycles. The zero-order valence-electron chi connectivity index (χ0n) is 19.1. The van der Waals surface area contributed by atoms with Gasteiger partial charge < -0.3 is 20.1 Å². The lowest BCUT2D eigenvalue weighted by Gasteiger charge is -2.24. The summed E-state index contributed by atoms with van der Waals surface area (Å²) in [5.41, 5.74) is 1.52. The smallest absolute Gasteiger partial charge is 0.360 e. The normalized spacial score (nSPS) is 20.4. The molecule has 2 N–H and O–H groups in total. The van der Waals surface area contributed by atoms with Crippen LogP contribution < -0.4 is 15.4 Å². The van der Waals surface area contributed by atoms with Crippen LogP contribution in [0, 0.1) is 17.8 Å². The lowest BCUT2D eigenvalue weighted by molar-refractivity contribution is -0.120. The van der Waals surface area contributed by atoms with Crippen LogP contribution in [-0.4, -0.2) is 51.1 Å². The van der Waals surface area contributed by atoms with Crippen molar-refractivity contribution < 1.29 is 19.1 Å². The summed E-state index contributed by atoms with van der Waals surface area (Å²) in [6.45, 7) is 0. The fraction of sp³-hybridized carbons (Fsp3) is 0.391. The van der Waals surface area contributed by atoms with Gasteiger partial charge in [-0.2, -0.15) is 5.10 Å². The van der Waals surface area contributed by atoms with Crippen LogP contribution in [0.25, 0.3) is 11.4 Å². The maximum Gasteiger partial charge on any atom is 0.360 e. The number of ether oxygens (including phenoxy) is 2. The number of rotatable bonds is 7. The average Bonchev–Trinajstić information content (AvgIpc) is 3.54. The minimum absolute atomic E-state index is 0.00569. The van der Waals surface area contributed by atoms with Crippen LogP contribution >= 0.6 is 0 Å². The molecule has 1 atom stereocenters. The quantitative estimate of drug-likeness (QED) is 0.507. The third kappa shape index (κ3) is 3.93. The van der Waals surface area contributed by atoms with E-state index >= 15 is 0 Å². The molecular weight excluding hydrogens is 438 g/mol. The Morgan fingerprint density at radius 1 is 1.12 bits per heavy atom. The summed E-state index contributed by atoms with van der Waals surface area (Å²) in [5.74, 6) is 1.64. The number of amides is 1. The predicted octanol–water partition coefficient (Wildman–Crippen LogP) is 2.80. The molecular formula is C23H25N7O4. The molecule has 3 aromatic rings. The Morgan fingerprint density at radius 3 is 2.59 bits per heavy atom. The topological polar surface area (TPSA) is 133 Å². The summed E-state index contributed by atoms with van der Waals surface area (Å²) in [6, 6.07) is 7.01. The van der Waals surface area contributed by atoms with Gasteiger partial charge in [-0.15, -0.1) is 10.2 Å². The van der Waals surface area contributed by atoms with E-state index in [2.05, 4.69) is 30.9 Å². The van der Waals surface area contributed by atoms with Crippen molar-refractivity contribution in [2.24, 2.45) is 24.8 Å². The summed E-state index contributed by atoms with van der Waals surface area (Å²) in [6.07, 6.45) is 4.76. The summed E-state index contributed by atoms with van der Waals surface area (Å²) in [5, 5.41) is 18.4. The first-order valence-corrected chi connectivity index (χ1v) is 11.0. The first-order valence-electron chi connectivity index (χ1n) is 11.0. The predicted molar refractivity (Wildman–Crippen MR) is 123 cm³/mol. The van der Waals surface area contributed by atoms with Crippen molar-refractivity contribution in [1.82, 2.24) is 25.0 Å². The Hall–Kier alpha value is -4.02. The zero-order chi connectivity index (χ0) is 23.8. The first-order chi connectivity index (χ1) is 16.5. The van der Waals surface area contributed by atoms with Crippen molar-refractivity contribution in [3.63, 3.8) is 0 Å². The highest BCUT2D eigenvalue weighted by Gasteiger charge is 2.47. The number of anilines is 3. The van der Waals surface area contributed by atoms with E-state index in [0.29, 0.717) is 40.3 Å². The molecule has 0 radical (unpaired) electrons. The molecule has 34 heavy (non-hydrogen) atoms. The second-order valence-corrected chi connectivity index (χ2v) is 8.67. The molecule has 3 fully saturated rings. The molecule has 2 heterocycles. The highest BCUT2D eigenvalue weighted by Crippen LogP contribution is 2.52. The van der Waals surface area contributed by atoms with Crippen LogP contribution in [0.3, 0.4) is 0 Å². The highest BCUT2D eigenvalue weighted by atomic mass is 16.5. The number of fused-ring (bicyclic) bond motifs is 1. The van der Waals surface area contributed by atoms with Crippen LogP contribution in [0.15, 0.2) is 30.6 Å². The Balaban J connectivity index is 1.46. The molecule has 0 unspecified atom stereocenters. The van der Waals surface area contributed by atoms with Gasteiger partial charge in [0, 0.05) is 19.0 Å². The van der Waals surface area contributed by atoms with E-state index in [1.165, 1.54) is 14.2 Å². The summed E-state index contributed by atoms with van der Waals surface area (Å²) in [4.78, 5) is 29.4. The largest absolute Gasteiger partial charge is 0.494 e. The van der Waals surface area contributed by atoms with E-state index in [-0.39, 0.29) is 23.3 Å². The van der Waals surface area contributed by atoms with Gasteiger partial charge >= 0.3 is 5.97 Å². The Kier molecular flexibility index (Phi) is 5.60. The van der Waals surface area contributed by atoms with Crippen molar-refractivity contribution in [1.29, 1.82) is 0 Å². The number of benzene rings is 1. The molecule has 1 aromatic carbocycles. The number of hydrogen-bond acceptors (Lipinski definition) is 9. The van der Waals surface area contributed by atoms with Gasteiger partial charge in [-0.05, 0) is 43.2 Å². The maximum atomic E-state index is 12.8. The monoisotopic (exact) mass is 463 g/mol. The van der Waals surface area contributed by atoms with Crippen molar-refractivity contribution in [3.05, 3.63) is 36.3 Å². The third-order valence-corrected chi connectivity index (χ3v) is 6.52. The molecule has 2 aromatic heterocycles. The van der Waals surface area contributed by atoms with Crippen molar-refractivity contribution in [2.75, 3.05) is 24.9 Å². The van der Waals surface area contributed by atoms with Crippen LogP contribution in [-0.2, 0) is 16.6 Å². The van der Waals surface area contributed by atoms with Gasteiger partial charge in [0.05, 0.1) is 31.2 Å². The molecule has 6 rings (SSSR count). The number of aromatic nitrogens is 5. The number of carbonyl (C=O) groups excluding carboxylic acids is 2. The SMILES string of the molecule is COC(=O)c1nnc(NC(=O)[C@@H]2CC3CC2C3)cc1Nc1cccc(-c2ncn(C)n2)c1OC. The van der Waals surface area contributed by atoms with Crippen LogP contribution in [0.4, 0.5) is 17.2 Å². The first kappa shape index (κ1) is 21.8. The van der Waals surface area contributed by atoms with Crippen LogP contribution in [0.1, 0.15) is 29.8 Å². The van der Waals surface area contributed by atoms with E-state index < -0.39 is 5.97 Å². The Labute approximate surface area is 195 Å². The van der Waals surface area contributed by atoms with Crippen LogP contribution in [0.5, 0.6) is 5.75 Å². The van der Waals surface area contributed by atoms with Gasteiger partial charge in [0.2, 0.25) is 5.91 Å². The van der Waals surface area contributed by atoms with E-state index in [4.69, 9.17) is 9.47 Å². The van der Waals surface area contributed by atoms with Crippen molar-refractivity contribution >= 4 is 29.1 Å².